The van der Waals surface area contributed by atoms with Crippen LogP contribution in [0.25, 0.3) is 0 Å². The van der Waals surface area contributed by atoms with Crippen molar-refractivity contribution >= 4 is 11.6 Å². The van der Waals surface area contributed by atoms with Gasteiger partial charge in [-0.05, 0) is 6.07 Å². The Labute approximate surface area is 139 Å². The molecule has 6 nitrogen and oxygen atoms in total. The minimum absolute atomic E-state index is 0.0425. The van der Waals surface area contributed by atoms with E-state index in [-0.39, 0.29) is 28.6 Å². The lowest BCUT2D eigenvalue weighted by molar-refractivity contribution is 0.0814. The normalized spacial score (nSPS) is 10.0. The van der Waals surface area contributed by atoms with Gasteiger partial charge >= 0.3 is 0 Å². The van der Waals surface area contributed by atoms with Gasteiger partial charge in [-0.15, -0.1) is 0 Å². The fourth-order valence-electron chi connectivity index (χ4n) is 2.34. The molecule has 126 valence electrons. The highest BCUT2D eigenvalue weighted by atomic mass is 16.5. The zero-order valence-corrected chi connectivity index (χ0v) is 13.9. The Kier molecular flexibility index (Phi) is 5.42. The van der Waals surface area contributed by atoms with Crippen LogP contribution < -0.4 is 18.9 Å². The van der Waals surface area contributed by atoms with Crippen LogP contribution >= 0.6 is 0 Å². The van der Waals surface area contributed by atoms with Gasteiger partial charge in [0.25, 0.3) is 0 Å². The van der Waals surface area contributed by atoms with Crippen molar-refractivity contribution in [3.05, 3.63) is 47.5 Å². The Hall–Kier alpha value is -3.02. The molecule has 0 aliphatic carbocycles. The Balaban J connectivity index is 2.60. The molecule has 2 aromatic rings. The number of hydrogen-bond acceptors (Lipinski definition) is 6. The van der Waals surface area contributed by atoms with Crippen molar-refractivity contribution in [3.8, 4) is 23.0 Å². The Morgan fingerprint density at radius 1 is 0.708 bits per heavy atom. The van der Waals surface area contributed by atoms with Gasteiger partial charge in [-0.3, -0.25) is 9.59 Å². The molecule has 0 aliphatic heterocycles. The monoisotopic (exact) mass is 330 g/mol. The van der Waals surface area contributed by atoms with Crippen LogP contribution in [-0.2, 0) is 0 Å². The molecule has 0 N–H and O–H groups in total. The lowest BCUT2D eigenvalue weighted by atomic mass is 9.99. The molecule has 0 aromatic heterocycles. The third kappa shape index (κ3) is 3.03. The maximum Gasteiger partial charge on any atom is 0.237 e. The molecule has 0 unspecified atom stereocenters. The molecule has 0 bridgehead atoms. The molecule has 0 spiro atoms. The number of ketones is 2. The lowest BCUT2D eigenvalue weighted by Crippen LogP contribution is -2.16. The summed E-state index contributed by atoms with van der Waals surface area (Å²) < 4.78 is 21.1. The summed E-state index contributed by atoms with van der Waals surface area (Å²) in [6.45, 7) is 0. The van der Waals surface area contributed by atoms with Crippen molar-refractivity contribution in [1.82, 2.24) is 0 Å². The SMILES string of the molecule is COc1cc(C(=O)C(=O)c2ccccc2)c(OC)c(OC)c1OC. The fourth-order valence-corrected chi connectivity index (χ4v) is 2.34. The molecule has 0 saturated heterocycles. The second-order valence-corrected chi connectivity index (χ2v) is 4.75. The molecule has 0 heterocycles. The second kappa shape index (κ2) is 7.50. The summed E-state index contributed by atoms with van der Waals surface area (Å²) in [6.07, 6.45) is 0. The van der Waals surface area contributed by atoms with E-state index in [9.17, 15) is 9.59 Å². The quantitative estimate of drug-likeness (QED) is 0.574. The van der Waals surface area contributed by atoms with Crippen LogP contribution in [-0.4, -0.2) is 40.0 Å². The van der Waals surface area contributed by atoms with E-state index in [1.54, 1.807) is 30.3 Å². The predicted octanol–water partition coefficient (Wildman–Crippen LogP) is 2.79. The molecular formula is C18H18O6. The minimum atomic E-state index is -0.725. The molecule has 0 amide bonds. The maximum absolute atomic E-state index is 12.7. The van der Waals surface area contributed by atoms with Crippen LogP contribution in [0.4, 0.5) is 0 Å². The summed E-state index contributed by atoms with van der Waals surface area (Å²) >= 11 is 0. The maximum atomic E-state index is 12.7. The topological polar surface area (TPSA) is 71.1 Å². The molecule has 2 aromatic carbocycles. The summed E-state index contributed by atoms with van der Waals surface area (Å²) in [7, 11) is 5.66. The number of hydrogen-bond donors (Lipinski definition) is 0. The first-order valence-corrected chi connectivity index (χ1v) is 7.10. The van der Waals surface area contributed by atoms with Gasteiger partial charge in [0.05, 0.1) is 34.0 Å². The molecule has 0 atom stereocenters. The van der Waals surface area contributed by atoms with E-state index in [1.165, 1.54) is 34.5 Å². The van der Waals surface area contributed by atoms with Crippen LogP contribution in [0, 0.1) is 0 Å². The third-order valence-corrected chi connectivity index (χ3v) is 3.48. The smallest absolute Gasteiger partial charge is 0.237 e. The standard InChI is InChI=1S/C18H18O6/c1-21-13-10-12(16(22-2)18(24-4)17(13)23-3)15(20)14(19)11-8-6-5-7-9-11/h5-10H,1-4H3. The number of Topliss-reactive ketones (excluding diaryl/α,β-unsaturated/α-hetero) is 2. The number of rotatable bonds is 7. The summed E-state index contributed by atoms with van der Waals surface area (Å²) in [4.78, 5) is 25.1. The number of carbonyl (C=O) groups excluding carboxylic acids is 2. The molecule has 0 fully saturated rings. The average Bonchev–Trinajstić information content (AvgIpc) is 2.65. The van der Waals surface area contributed by atoms with E-state index in [0.29, 0.717) is 5.56 Å². The number of benzene rings is 2. The number of methoxy groups -OCH3 is 4. The van der Waals surface area contributed by atoms with Gasteiger partial charge in [-0.1, -0.05) is 30.3 Å². The van der Waals surface area contributed by atoms with Gasteiger partial charge in [0.2, 0.25) is 23.1 Å². The van der Waals surface area contributed by atoms with Gasteiger partial charge in [-0.25, -0.2) is 0 Å². The summed E-state index contributed by atoms with van der Waals surface area (Å²) in [6, 6.07) is 9.69. The van der Waals surface area contributed by atoms with Crippen LogP contribution in [0.15, 0.2) is 36.4 Å². The van der Waals surface area contributed by atoms with Gasteiger partial charge in [0.15, 0.2) is 11.5 Å². The largest absolute Gasteiger partial charge is 0.493 e. The van der Waals surface area contributed by atoms with E-state index >= 15 is 0 Å². The van der Waals surface area contributed by atoms with Crippen molar-refractivity contribution in [2.75, 3.05) is 28.4 Å². The first-order valence-electron chi connectivity index (χ1n) is 7.10. The zero-order chi connectivity index (χ0) is 17.7. The molecule has 24 heavy (non-hydrogen) atoms. The van der Waals surface area contributed by atoms with Crippen LogP contribution in [0.5, 0.6) is 23.0 Å². The molecule has 0 aliphatic rings. The Bertz CT molecular complexity index is 752. The van der Waals surface area contributed by atoms with Crippen LogP contribution in [0.2, 0.25) is 0 Å². The van der Waals surface area contributed by atoms with Crippen molar-refractivity contribution < 1.29 is 28.5 Å². The highest BCUT2D eigenvalue weighted by molar-refractivity contribution is 6.49. The summed E-state index contributed by atoms with van der Waals surface area (Å²) in [5, 5.41) is 0. The van der Waals surface area contributed by atoms with Gasteiger partial charge in [-0.2, -0.15) is 0 Å². The van der Waals surface area contributed by atoms with Crippen molar-refractivity contribution in [3.63, 3.8) is 0 Å². The fraction of sp³-hybridized carbons (Fsp3) is 0.222. The van der Waals surface area contributed by atoms with E-state index < -0.39 is 11.6 Å². The summed E-state index contributed by atoms with van der Waals surface area (Å²) in [5.41, 5.74) is 0.333. The van der Waals surface area contributed by atoms with Crippen molar-refractivity contribution in [1.29, 1.82) is 0 Å². The van der Waals surface area contributed by atoms with E-state index in [1.807, 2.05) is 0 Å². The van der Waals surface area contributed by atoms with Crippen molar-refractivity contribution in [2.24, 2.45) is 0 Å². The highest BCUT2D eigenvalue weighted by Gasteiger charge is 2.28. The Morgan fingerprint density at radius 2 is 1.29 bits per heavy atom. The number of ether oxygens (including phenoxy) is 4. The zero-order valence-electron chi connectivity index (χ0n) is 13.9. The Morgan fingerprint density at radius 3 is 1.79 bits per heavy atom. The van der Waals surface area contributed by atoms with Gasteiger partial charge in [0.1, 0.15) is 0 Å². The van der Waals surface area contributed by atoms with Crippen molar-refractivity contribution in [2.45, 2.75) is 0 Å². The van der Waals surface area contributed by atoms with E-state index in [4.69, 9.17) is 18.9 Å². The molecule has 0 radical (unpaired) electrons. The molecule has 0 saturated carbocycles. The van der Waals surface area contributed by atoms with Crippen LogP contribution in [0.1, 0.15) is 20.7 Å². The van der Waals surface area contributed by atoms with Gasteiger partial charge < -0.3 is 18.9 Å². The number of carbonyl (C=O) groups is 2. The first-order chi connectivity index (χ1) is 11.6. The second-order valence-electron chi connectivity index (χ2n) is 4.75. The lowest BCUT2D eigenvalue weighted by Gasteiger charge is -2.17. The molecular weight excluding hydrogens is 312 g/mol. The van der Waals surface area contributed by atoms with E-state index in [0.717, 1.165) is 0 Å². The highest BCUT2D eigenvalue weighted by Crippen LogP contribution is 2.46. The van der Waals surface area contributed by atoms with Crippen LogP contribution in [0.3, 0.4) is 0 Å². The first kappa shape index (κ1) is 17.3. The third-order valence-electron chi connectivity index (χ3n) is 3.48. The van der Waals surface area contributed by atoms with Gasteiger partial charge in [0, 0.05) is 5.56 Å². The predicted molar refractivity (Wildman–Crippen MR) is 87.8 cm³/mol. The molecule has 2 rings (SSSR count). The minimum Gasteiger partial charge on any atom is -0.493 e. The average molecular weight is 330 g/mol. The van der Waals surface area contributed by atoms with E-state index in [2.05, 4.69) is 0 Å². The summed E-state index contributed by atoms with van der Waals surface area (Å²) in [5.74, 6) is -0.534. The molecule has 6 heteroatoms.